The highest BCUT2D eigenvalue weighted by atomic mass is 16.3. The molecule has 1 heterocycles. The molecular weight excluding hydrogens is 342 g/mol. The first-order chi connectivity index (χ1) is 12.3. The third kappa shape index (κ3) is 8.60. The highest BCUT2D eigenvalue weighted by molar-refractivity contribution is 5.80. The van der Waals surface area contributed by atoms with Crippen LogP contribution in [-0.4, -0.2) is 71.2 Å². The topological polar surface area (TPSA) is 64.1 Å². The average molecular weight is 384 g/mol. The summed E-state index contributed by atoms with van der Waals surface area (Å²) in [5, 5.41) is 10.5. The van der Waals surface area contributed by atoms with Gasteiger partial charge in [0.1, 0.15) is 0 Å². The molecule has 0 aromatic rings. The Kier molecular flexibility index (Phi) is 8.74. The lowest BCUT2D eigenvalue weighted by Crippen LogP contribution is -2.41. The van der Waals surface area contributed by atoms with Crippen LogP contribution in [0.25, 0.3) is 0 Å². The van der Waals surface area contributed by atoms with Crippen molar-refractivity contribution in [1.29, 1.82) is 0 Å². The molecule has 1 N–H and O–H groups in total. The Hall–Kier alpha value is -1.14. The van der Waals surface area contributed by atoms with E-state index in [-0.39, 0.29) is 22.6 Å². The zero-order chi connectivity index (χ0) is 20.8. The van der Waals surface area contributed by atoms with Gasteiger partial charge in [-0.1, -0.05) is 34.6 Å². The molecule has 0 radical (unpaired) electrons. The maximum Gasteiger partial charge on any atom is 0.239 e. The second kappa shape index (κ2) is 9.87. The van der Waals surface area contributed by atoms with Crippen molar-refractivity contribution >= 4 is 11.8 Å². The molecule has 1 saturated heterocycles. The van der Waals surface area contributed by atoms with Gasteiger partial charge >= 0.3 is 0 Å². The first-order valence-corrected chi connectivity index (χ1v) is 10.3. The number of carbonyl (C=O) groups is 2. The molecule has 0 spiro atoms. The monoisotopic (exact) mass is 383 g/mol. The van der Waals surface area contributed by atoms with E-state index in [0.29, 0.717) is 19.6 Å². The molecule has 158 valence electrons. The van der Waals surface area contributed by atoms with Gasteiger partial charge in [-0.3, -0.25) is 14.5 Å². The molecule has 1 fully saturated rings. The fourth-order valence-electron chi connectivity index (χ4n) is 3.41. The predicted octanol–water partition coefficient (Wildman–Crippen LogP) is 2.91. The predicted molar refractivity (Wildman–Crippen MR) is 109 cm³/mol. The standard InChI is InChI=1S/C21H41N3O3/c1-17(25)22(7)13-9-11-21(5,6)12-15-23-16-18(26)24(19(23)27)14-8-10-20(2,3)4/h19,27H,8-16H2,1-7H3. The van der Waals surface area contributed by atoms with E-state index in [2.05, 4.69) is 34.6 Å². The first-order valence-electron chi connectivity index (χ1n) is 10.3. The summed E-state index contributed by atoms with van der Waals surface area (Å²) in [5.41, 5.74) is 0.355. The fraction of sp³-hybridized carbons (Fsp3) is 0.905. The molecule has 2 amide bonds. The summed E-state index contributed by atoms with van der Waals surface area (Å²) >= 11 is 0. The third-order valence-electron chi connectivity index (χ3n) is 5.55. The van der Waals surface area contributed by atoms with Gasteiger partial charge in [-0.05, 0) is 42.9 Å². The summed E-state index contributed by atoms with van der Waals surface area (Å²) in [6.07, 6.45) is 4.04. The van der Waals surface area contributed by atoms with Crippen LogP contribution >= 0.6 is 0 Å². The molecule has 0 aromatic carbocycles. The lowest BCUT2D eigenvalue weighted by Gasteiger charge is -2.30. The Morgan fingerprint density at radius 2 is 1.74 bits per heavy atom. The zero-order valence-electron chi connectivity index (χ0n) is 18.5. The molecule has 0 saturated carbocycles. The van der Waals surface area contributed by atoms with Gasteiger partial charge < -0.3 is 14.9 Å². The number of aliphatic hydroxyl groups is 1. The smallest absolute Gasteiger partial charge is 0.239 e. The van der Waals surface area contributed by atoms with Crippen molar-refractivity contribution in [1.82, 2.24) is 14.7 Å². The Bertz CT molecular complexity index is 499. The van der Waals surface area contributed by atoms with Crippen molar-refractivity contribution in [3.63, 3.8) is 0 Å². The van der Waals surface area contributed by atoms with E-state index in [1.54, 1.807) is 16.7 Å². The molecular formula is C21H41N3O3. The summed E-state index contributed by atoms with van der Waals surface area (Å²) in [4.78, 5) is 28.8. The largest absolute Gasteiger partial charge is 0.361 e. The summed E-state index contributed by atoms with van der Waals surface area (Å²) in [6, 6.07) is 0. The second-order valence-corrected chi connectivity index (χ2v) is 10.0. The van der Waals surface area contributed by atoms with Crippen LogP contribution in [0.3, 0.4) is 0 Å². The lowest BCUT2D eigenvalue weighted by atomic mass is 9.84. The minimum atomic E-state index is -0.794. The minimum Gasteiger partial charge on any atom is -0.361 e. The van der Waals surface area contributed by atoms with E-state index in [0.717, 1.165) is 38.6 Å². The van der Waals surface area contributed by atoms with Gasteiger partial charge in [0.15, 0.2) is 6.35 Å². The molecule has 27 heavy (non-hydrogen) atoms. The van der Waals surface area contributed by atoms with Crippen LogP contribution in [-0.2, 0) is 9.59 Å². The minimum absolute atomic E-state index is 0.0253. The van der Waals surface area contributed by atoms with Crippen molar-refractivity contribution in [3.05, 3.63) is 0 Å². The van der Waals surface area contributed by atoms with Crippen LogP contribution in [0.4, 0.5) is 0 Å². The van der Waals surface area contributed by atoms with Crippen molar-refractivity contribution in [2.75, 3.05) is 33.2 Å². The first kappa shape index (κ1) is 23.9. The van der Waals surface area contributed by atoms with Crippen molar-refractivity contribution in [3.8, 4) is 0 Å². The number of carbonyl (C=O) groups excluding carboxylic acids is 2. The Labute approximate surface area is 165 Å². The van der Waals surface area contributed by atoms with Crippen LogP contribution in [0.5, 0.6) is 0 Å². The molecule has 0 aromatic heterocycles. The van der Waals surface area contributed by atoms with Crippen molar-refractivity contribution in [2.24, 2.45) is 10.8 Å². The molecule has 6 nitrogen and oxygen atoms in total. The highest BCUT2D eigenvalue weighted by Crippen LogP contribution is 2.29. The molecule has 0 bridgehead atoms. The maximum atomic E-state index is 12.3. The number of amides is 2. The molecule has 0 aliphatic carbocycles. The Morgan fingerprint density at radius 3 is 2.30 bits per heavy atom. The van der Waals surface area contributed by atoms with Crippen LogP contribution in [0.15, 0.2) is 0 Å². The van der Waals surface area contributed by atoms with E-state index >= 15 is 0 Å². The number of hydrogen-bond donors (Lipinski definition) is 1. The van der Waals surface area contributed by atoms with Gasteiger partial charge in [0.2, 0.25) is 11.8 Å². The fourth-order valence-corrected chi connectivity index (χ4v) is 3.41. The number of aliphatic hydroxyl groups excluding tert-OH is 1. The maximum absolute atomic E-state index is 12.3. The summed E-state index contributed by atoms with van der Waals surface area (Å²) in [7, 11) is 1.83. The second-order valence-electron chi connectivity index (χ2n) is 10.0. The van der Waals surface area contributed by atoms with Crippen LogP contribution in [0.2, 0.25) is 0 Å². The SMILES string of the molecule is CC(=O)N(C)CCCC(C)(C)CCN1CC(=O)N(CCCC(C)(C)C)C1O. The quantitative estimate of drug-likeness (QED) is 0.630. The number of nitrogens with zero attached hydrogens (tertiary/aromatic N) is 3. The molecule has 1 aliphatic heterocycles. The van der Waals surface area contributed by atoms with Gasteiger partial charge in [0.25, 0.3) is 0 Å². The lowest BCUT2D eigenvalue weighted by molar-refractivity contribution is -0.135. The van der Waals surface area contributed by atoms with Gasteiger partial charge in [0, 0.05) is 33.6 Å². The van der Waals surface area contributed by atoms with Gasteiger partial charge in [0.05, 0.1) is 6.54 Å². The molecule has 1 aliphatic rings. The van der Waals surface area contributed by atoms with E-state index in [1.807, 2.05) is 11.9 Å². The Morgan fingerprint density at radius 1 is 1.11 bits per heavy atom. The van der Waals surface area contributed by atoms with Crippen LogP contribution in [0.1, 0.15) is 73.6 Å². The molecule has 6 heteroatoms. The molecule has 1 atom stereocenters. The van der Waals surface area contributed by atoms with Crippen molar-refractivity contribution in [2.45, 2.75) is 80.0 Å². The number of rotatable bonds is 10. The average Bonchev–Trinajstić information content (AvgIpc) is 2.79. The molecule has 1 rings (SSSR count). The van der Waals surface area contributed by atoms with Crippen molar-refractivity contribution < 1.29 is 14.7 Å². The normalized spacial score (nSPS) is 19.0. The molecule has 1 unspecified atom stereocenters. The van der Waals surface area contributed by atoms with Gasteiger partial charge in [-0.2, -0.15) is 0 Å². The zero-order valence-corrected chi connectivity index (χ0v) is 18.5. The summed E-state index contributed by atoms with van der Waals surface area (Å²) in [5.74, 6) is 0.121. The van der Waals surface area contributed by atoms with Gasteiger partial charge in [-0.25, -0.2) is 0 Å². The Balaban J connectivity index is 2.41. The third-order valence-corrected chi connectivity index (χ3v) is 5.55. The van der Waals surface area contributed by atoms with E-state index in [1.165, 1.54) is 0 Å². The van der Waals surface area contributed by atoms with E-state index < -0.39 is 6.35 Å². The van der Waals surface area contributed by atoms with E-state index in [4.69, 9.17) is 0 Å². The van der Waals surface area contributed by atoms with Crippen LogP contribution < -0.4 is 0 Å². The van der Waals surface area contributed by atoms with Crippen LogP contribution in [0, 0.1) is 10.8 Å². The summed E-state index contributed by atoms with van der Waals surface area (Å²) < 4.78 is 0. The highest BCUT2D eigenvalue weighted by Gasteiger charge is 2.36. The number of hydrogen-bond acceptors (Lipinski definition) is 4. The van der Waals surface area contributed by atoms with Gasteiger partial charge in [-0.15, -0.1) is 0 Å². The van der Waals surface area contributed by atoms with E-state index in [9.17, 15) is 14.7 Å². The summed E-state index contributed by atoms with van der Waals surface area (Å²) in [6.45, 7) is 15.0.